The Kier molecular flexibility index (Phi) is 2.91. The summed E-state index contributed by atoms with van der Waals surface area (Å²) >= 11 is 3.46. The van der Waals surface area contributed by atoms with Crippen LogP contribution in [-0.4, -0.2) is 10.2 Å². The molecule has 0 unspecified atom stereocenters. The average Bonchev–Trinajstić information content (AvgIpc) is 2.66. The molecule has 1 N–H and O–H groups in total. The number of hydrogen-bond donors (Lipinski definition) is 1. The van der Waals surface area contributed by atoms with Gasteiger partial charge in [0.25, 0.3) is 0 Å². The van der Waals surface area contributed by atoms with Crippen molar-refractivity contribution in [2.75, 3.05) is 0 Å². The first-order valence-electron chi connectivity index (χ1n) is 4.98. The van der Waals surface area contributed by atoms with Crippen LogP contribution in [0.25, 0.3) is 11.3 Å². The van der Waals surface area contributed by atoms with Gasteiger partial charge in [0.15, 0.2) is 0 Å². The van der Waals surface area contributed by atoms with Gasteiger partial charge >= 0.3 is 0 Å². The second kappa shape index (κ2) is 4.19. The lowest BCUT2D eigenvalue weighted by Crippen LogP contribution is -1.85. The van der Waals surface area contributed by atoms with E-state index in [0.29, 0.717) is 5.92 Å². The quantitative estimate of drug-likeness (QED) is 0.874. The summed E-state index contributed by atoms with van der Waals surface area (Å²) < 4.78 is 1.08. The Bertz CT molecular complexity index is 460. The SMILES string of the molecule is CC(C)c1cc(-c2cccc(Br)c2)n[nH]1. The van der Waals surface area contributed by atoms with Crippen LogP contribution in [0.15, 0.2) is 34.8 Å². The molecule has 0 aliphatic heterocycles. The Balaban J connectivity index is 2.37. The number of hydrogen-bond acceptors (Lipinski definition) is 1. The van der Waals surface area contributed by atoms with Crippen LogP contribution in [0, 0.1) is 0 Å². The summed E-state index contributed by atoms with van der Waals surface area (Å²) in [6.45, 7) is 4.30. The zero-order valence-corrected chi connectivity index (χ0v) is 10.4. The Morgan fingerprint density at radius 2 is 2.07 bits per heavy atom. The zero-order valence-electron chi connectivity index (χ0n) is 8.79. The van der Waals surface area contributed by atoms with Crippen LogP contribution in [0.2, 0.25) is 0 Å². The van der Waals surface area contributed by atoms with Gasteiger partial charge in [-0.1, -0.05) is 41.9 Å². The van der Waals surface area contributed by atoms with E-state index in [0.717, 1.165) is 15.7 Å². The number of H-pyrrole nitrogens is 1. The summed E-state index contributed by atoms with van der Waals surface area (Å²) in [6.07, 6.45) is 0. The Labute approximate surface area is 97.8 Å². The highest BCUT2D eigenvalue weighted by atomic mass is 79.9. The molecule has 15 heavy (non-hydrogen) atoms. The van der Waals surface area contributed by atoms with E-state index in [9.17, 15) is 0 Å². The molecule has 0 radical (unpaired) electrons. The minimum Gasteiger partial charge on any atom is -0.282 e. The van der Waals surface area contributed by atoms with E-state index in [4.69, 9.17) is 0 Å². The van der Waals surface area contributed by atoms with Crippen LogP contribution in [0.3, 0.4) is 0 Å². The topological polar surface area (TPSA) is 28.7 Å². The van der Waals surface area contributed by atoms with E-state index < -0.39 is 0 Å². The number of rotatable bonds is 2. The number of aromatic nitrogens is 2. The van der Waals surface area contributed by atoms with Gasteiger partial charge in [0.2, 0.25) is 0 Å². The van der Waals surface area contributed by atoms with Gasteiger partial charge in [0.1, 0.15) is 0 Å². The van der Waals surface area contributed by atoms with E-state index in [-0.39, 0.29) is 0 Å². The lowest BCUT2D eigenvalue weighted by molar-refractivity contribution is 0.811. The molecular weight excluding hydrogens is 252 g/mol. The fraction of sp³-hybridized carbons (Fsp3) is 0.250. The highest BCUT2D eigenvalue weighted by molar-refractivity contribution is 9.10. The van der Waals surface area contributed by atoms with Crippen molar-refractivity contribution in [2.24, 2.45) is 0 Å². The molecule has 0 fully saturated rings. The van der Waals surface area contributed by atoms with Crippen LogP contribution >= 0.6 is 15.9 Å². The molecule has 1 aromatic heterocycles. The maximum Gasteiger partial charge on any atom is 0.0924 e. The Hall–Kier alpha value is -1.09. The molecule has 78 valence electrons. The number of nitrogens with zero attached hydrogens (tertiary/aromatic N) is 1. The van der Waals surface area contributed by atoms with E-state index in [1.165, 1.54) is 5.69 Å². The van der Waals surface area contributed by atoms with Crippen LogP contribution < -0.4 is 0 Å². The fourth-order valence-corrected chi connectivity index (χ4v) is 1.83. The summed E-state index contributed by atoms with van der Waals surface area (Å²) in [5, 5.41) is 7.36. The zero-order chi connectivity index (χ0) is 10.8. The monoisotopic (exact) mass is 264 g/mol. The minimum atomic E-state index is 0.485. The summed E-state index contributed by atoms with van der Waals surface area (Å²) in [5.74, 6) is 0.485. The van der Waals surface area contributed by atoms with Crippen molar-refractivity contribution in [3.63, 3.8) is 0 Å². The Morgan fingerprint density at radius 1 is 1.27 bits per heavy atom. The van der Waals surface area contributed by atoms with Gasteiger partial charge in [-0.25, -0.2) is 0 Å². The number of nitrogens with one attached hydrogen (secondary N) is 1. The molecule has 1 heterocycles. The van der Waals surface area contributed by atoms with Gasteiger partial charge in [-0.15, -0.1) is 0 Å². The molecule has 0 saturated heterocycles. The third-order valence-electron chi connectivity index (χ3n) is 2.34. The molecule has 1 aromatic carbocycles. The van der Waals surface area contributed by atoms with Crippen LogP contribution in [0.1, 0.15) is 25.5 Å². The van der Waals surface area contributed by atoms with Crippen molar-refractivity contribution in [1.29, 1.82) is 0 Å². The van der Waals surface area contributed by atoms with E-state index >= 15 is 0 Å². The molecular formula is C12H13BrN2. The first-order chi connectivity index (χ1) is 7.16. The van der Waals surface area contributed by atoms with E-state index in [1.807, 2.05) is 12.1 Å². The molecule has 3 heteroatoms. The number of benzene rings is 1. The maximum atomic E-state index is 4.30. The molecule has 0 aliphatic rings. The second-order valence-corrected chi connectivity index (χ2v) is 4.79. The molecule has 0 saturated carbocycles. The molecule has 2 rings (SSSR count). The molecule has 2 nitrogen and oxygen atoms in total. The standard InChI is InChI=1S/C12H13BrN2/c1-8(2)11-7-12(15-14-11)9-4-3-5-10(13)6-9/h3-8H,1-2H3,(H,14,15). The van der Waals surface area contributed by atoms with E-state index in [2.05, 4.69) is 58.2 Å². The van der Waals surface area contributed by atoms with E-state index in [1.54, 1.807) is 0 Å². The highest BCUT2D eigenvalue weighted by Gasteiger charge is 2.06. The number of aromatic amines is 1. The summed E-state index contributed by atoms with van der Waals surface area (Å²) in [6, 6.07) is 10.3. The van der Waals surface area contributed by atoms with Crippen molar-refractivity contribution >= 4 is 15.9 Å². The van der Waals surface area contributed by atoms with Crippen molar-refractivity contribution in [1.82, 2.24) is 10.2 Å². The first-order valence-corrected chi connectivity index (χ1v) is 5.77. The van der Waals surface area contributed by atoms with Gasteiger partial charge < -0.3 is 0 Å². The second-order valence-electron chi connectivity index (χ2n) is 3.87. The van der Waals surface area contributed by atoms with Gasteiger partial charge in [0, 0.05) is 15.7 Å². The molecule has 0 amide bonds. The van der Waals surface area contributed by atoms with Crippen LogP contribution in [0.5, 0.6) is 0 Å². The number of halogens is 1. The Morgan fingerprint density at radius 3 is 2.67 bits per heavy atom. The molecule has 0 spiro atoms. The lowest BCUT2D eigenvalue weighted by atomic mass is 10.1. The van der Waals surface area contributed by atoms with Gasteiger partial charge in [-0.05, 0) is 24.1 Å². The predicted octanol–water partition coefficient (Wildman–Crippen LogP) is 3.96. The van der Waals surface area contributed by atoms with Crippen LogP contribution in [0.4, 0.5) is 0 Å². The van der Waals surface area contributed by atoms with Crippen molar-refractivity contribution in [3.05, 3.63) is 40.5 Å². The fourth-order valence-electron chi connectivity index (χ4n) is 1.43. The average molecular weight is 265 g/mol. The van der Waals surface area contributed by atoms with Crippen molar-refractivity contribution in [2.45, 2.75) is 19.8 Å². The summed E-state index contributed by atoms with van der Waals surface area (Å²) in [7, 11) is 0. The summed E-state index contributed by atoms with van der Waals surface area (Å²) in [4.78, 5) is 0. The van der Waals surface area contributed by atoms with Gasteiger partial charge in [0.05, 0.1) is 5.69 Å². The van der Waals surface area contributed by atoms with Crippen molar-refractivity contribution in [3.8, 4) is 11.3 Å². The highest BCUT2D eigenvalue weighted by Crippen LogP contribution is 2.23. The van der Waals surface area contributed by atoms with Crippen LogP contribution in [-0.2, 0) is 0 Å². The third-order valence-corrected chi connectivity index (χ3v) is 2.83. The predicted molar refractivity (Wildman–Crippen MR) is 65.8 cm³/mol. The minimum absolute atomic E-state index is 0.485. The van der Waals surface area contributed by atoms with Gasteiger partial charge in [-0.2, -0.15) is 5.10 Å². The smallest absolute Gasteiger partial charge is 0.0924 e. The van der Waals surface area contributed by atoms with Crippen molar-refractivity contribution < 1.29 is 0 Å². The third kappa shape index (κ3) is 2.29. The van der Waals surface area contributed by atoms with Gasteiger partial charge in [-0.3, -0.25) is 5.10 Å². The first kappa shape index (κ1) is 10.4. The lowest BCUT2D eigenvalue weighted by Gasteiger charge is -1.97. The molecule has 2 aromatic rings. The molecule has 0 aliphatic carbocycles. The normalized spacial score (nSPS) is 10.9. The largest absolute Gasteiger partial charge is 0.282 e. The summed E-state index contributed by atoms with van der Waals surface area (Å²) in [5.41, 5.74) is 3.30. The molecule has 0 atom stereocenters. The molecule has 0 bridgehead atoms. The maximum absolute atomic E-state index is 4.30.